The molecule has 2 aromatic heterocycles. The van der Waals surface area contributed by atoms with Crippen LogP contribution in [0.15, 0.2) is 47.0 Å². The van der Waals surface area contributed by atoms with Crippen LogP contribution in [0, 0.1) is 13.8 Å². The van der Waals surface area contributed by atoms with E-state index < -0.39 is 11.7 Å². The number of aryl methyl sites for hydroxylation is 3. The van der Waals surface area contributed by atoms with E-state index in [9.17, 15) is 18.0 Å². The van der Waals surface area contributed by atoms with Crippen molar-refractivity contribution >= 4 is 28.6 Å². The molecule has 5 rings (SSSR count). The van der Waals surface area contributed by atoms with Gasteiger partial charge in [-0.2, -0.15) is 18.2 Å². The largest absolute Gasteiger partial charge is 0.416 e. The number of hydrogen-bond donors (Lipinski definition) is 1. The highest BCUT2D eigenvalue weighted by molar-refractivity contribution is 5.98. The SMILES string of the molecule is CCCc1nc(N2CCCN(C(=O)Nc3ccc(C)cc3C)CC2)c2c(-c3cccc(C(F)(F)F)c3)noc2n1. The molecule has 1 aliphatic rings. The Morgan fingerprint density at radius 2 is 1.88 bits per heavy atom. The summed E-state index contributed by atoms with van der Waals surface area (Å²) in [6.07, 6.45) is -2.39. The number of nitrogens with zero attached hydrogens (tertiary/aromatic N) is 5. The minimum Gasteiger partial charge on any atom is -0.354 e. The van der Waals surface area contributed by atoms with Crippen LogP contribution < -0.4 is 10.2 Å². The van der Waals surface area contributed by atoms with E-state index in [1.807, 2.05) is 43.9 Å². The second-order valence-electron chi connectivity index (χ2n) is 10.1. The molecule has 0 unspecified atom stereocenters. The number of fused-ring (bicyclic) bond motifs is 1. The second-order valence-corrected chi connectivity index (χ2v) is 10.1. The van der Waals surface area contributed by atoms with E-state index in [1.165, 1.54) is 6.07 Å². The zero-order valence-corrected chi connectivity index (χ0v) is 22.7. The average Bonchev–Trinajstić information content (AvgIpc) is 3.18. The smallest absolute Gasteiger partial charge is 0.354 e. The maximum atomic E-state index is 13.4. The van der Waals surface area contributed by atoms with Crippen molar-refractivity contribution < 1.29 is 22.5 Å². The number of aromatic nitrogens is 3. The molecule has 0 radical (unpaired) electrons. The fourth-order valence-electron chi connectivity index (χ4n) is 4.96. The summed E-state index contributed by atoms with van der Waals surface area (Å²) in [5.74, 6) is 1.13. The summed E-state index contributed by atoms with van der Waals surface area (Å²) >= 11 is 0. The molecule has 1 saturated heterocycles. The Balaban J connectivity index is 1.45. The molecular formula is C29H31F3N6O2. The van der Waals surface area contributed by atoms with E-state index >= 15 is 0 Å². The number of urea groups is 1. The molecule has 0 saturated carbocycles. The number of halogens is 3. The van der Waals surface area contributed by atoms with Gasteiger partial charge in [-0.1, -0.05) is 41.9 Å². The van der Waals surface area contributed by atoms with Crippen LogP contribution in [-0.4, -0.2) is 52.2 Å². The van der Waals surface area contributed by atoms with Crippen molar-refractivity contribution in [1.82, 2.24) is 20.0 Å². The summed E-state index contributed by atoms with van der Waals surface area (Å²) < 4.78 is 45.9. The lowest BCUT2D eigenvalue weighted by Gasteiger charge is -2.24. The lowest BCUT2D eigenvalue weighted by atomic mass is 10.1. The summed E-state index contributed by atoms with van der Waals surface area (Å²) in [4.78, 5) is 26.2. The van der Waals surface area contributed by atoms with Gasteiger partial charge < -0.3 is 19.6 Å². The van der Waals surface area contributed by atoms with Crippen LogP contribution in [0.25, 0.3) is 22.4 Å². The quantitative estimate of drug-likeness (QED) is 0.300. The highest BCUT2D eigenvalue weighted by atomic mass is 19.4. The zero-order valence-electron chi connectivity index (χ0n) is 22.7. The zero-order chi connectivity index (χ0) is 28.4. The molecule has 1 fully saturated rings. The van der Waals surface area contributed by atoms with Gasteiger partial charge in [-0.15, -0.1) is 0 Å². The van der Waals surface area contributed by atoms with E-state index in [0.29, 0.717) is 56.0 Å². The number of rotatable bonds is 5. The molecule has 4 aromatic rings. The Morgan fingerprint density at radius 1 is 1.05 bits per heavy atom. The van der Waals surface area contributed by atoms with Crippen molar-refractivity contribution in [2.45, 2.75) is 46.2 Å². The van der Waals surface area contributed by atoms with Crippen LogP contribution in [-0.2, 0) is 12.6 Å². The molecule has 3 heterocycles. The van der Waals surface area contributed by atoms with Crippen LogP contribution in [0.3, 0.4) is 0 Å². The summed E-state index contributed by atoms with van der Waals surface area (Å²) in [7, 11) is 0. The molecule has 1 N–H and O–H groups in total. The molecular weight excluding hydrogens is 521 g/mol. The van der Waals surface area contributed by atoms with E-state index in [1.54, 1.807) is 11.0 Å². The third-order valence-corrected chi connectivity index (χ3v) is 7.01. The maximum absolute atomic E-state index is 13.4. The van der Waals surface area contributed by atoms with Gasteiger partial charge in [0, 0.05) is 43.9 Å². The van der Waals surface area contributed by atoms with Gasteiger partial charge in [-0.05, 0) is 50.5 Å². The summed E-state index contributed by atoms with van der Waals surface area (Å²) in [6.45, 7) is 8.04. The van der Waals surface area contributed by atoms with Crippen molar-refractivity contribution in [2.75, 3.05) is 36.4 Å². The standard InChI is InChI=1S/C29H31F3N6O2/c1-4-7-23-34-26(24-25(36-40-27(24)35-23)20-8-5-9-21(17-20)29(30,31)32)37-12-6-13-38(15-14-37)28(39)33-22-11-10-18(2)16-19(22)3/h5,8-11,16-17H,4,6-7,12-15H2,1-3H3,(H,33,39). The average molecular weight is 553 g/mol. The number of benzene rings is 2. The lowest BCUT2D eigenvalue weighted by Crippen LogP contribution is -2.38. The highest BCUT2D eigenvalue weighted by Gasteiger charge is 2.32. The number of carbonyl (C=O) groups is 1. The number of alkyl halides is 3. The molecule has 1 aliphatic heterocycles. The number of carbonyl (C=O) groups excluding carboxylic acids is 1. The third-order valence-electron chi connectivity index (χ3n) is 7.01. The van der Waals surface area contributed by atoms with Crippen LogP contribution in [0.5, 0.6) is 0 Å². The molecule has 2 aromatic carbocycles. The van der Waals surface area contributed by atoms with Gasteiger partial charge in [0.05, 0.1) is 5.56 Å². The van der Waals surface area contributed by atoms with Gasteiger partial charge in [0.25, 0.3) is 5.71 Å². The van der Waals surface area contributed by atoms with Gasteiger partial charge in [0.1, 0.15) is 22.7 Å². The van der Waals surface area contributed by atoms with Gasteiger partial charge in [-0.25, -0.2) is 9.78 Å². The molecule has 2 amide bonds. The van der Waals surface area contributed by atoms with Gasteiger partial charge in [0.2, 0.25) is 0 Å². The third kappa shape index (κ3) is 5.73. The van der Waals surface area contributed by atoms with Crippen molar-refractivity contribution in [3.05, 3.63) is 65.0 Å². The molecule has 40 heavy (non-hydrogen) atoms. The monoisotopic (exact) mass is 552 g/mol. The van der Waals surface area contributed by atoms with Crippen LogP contribution in [0.1, 0.15) is 42.3 Å². The van der Waals surface area contributed by atoms with Crippen LogP contribution >= 0.6 is 0 Å². The molecule has 0 bridgehead atoms. The topological polar surface area (TPSA) is 87.4 Å². The predicted molar refractivity (Wildman–Crippen MR) is 147 cm³/mol. The predicted octanol–water partition coefficient (Wildman–Crippen LogP) is 6.62. The fourth-order valence-corrected chi connectivity index (χ4v) is 4.96. The van der Waals surface area contributed by atoms with Crippen molar-refractivity contribution in [3.8, 4) is 11.3 Å². The Kier molecular flexibility index (Phi) is 7.64. The van der Waals surface area contributed by atoms with Crippen LogP contribution in [0.4, 0.5) is 29.5 Å². The van der Waals surface area contributed by atoms with E-state index in [-0.39, 0.29) is 23.0 Å². The molecule has 11 heteroatoms. The Bertz CT molecular complexity index is 1530. The first-order chi connectivity index (χ1) is 19.1. The first kappa shape index (κ1) is 27.4. The fraction of sp³-hybridized carbons (Fsp3) is 0.379. The number of hydrogen-bond acceptors (Lipinski definition) is 6. The number of anilines is 2. The van der Waals surface area contributed by atoms with E-state index in [4.69, 9.17) is 9.51 Å². The molecule has 210 valence electrons. The second kappa shape index (κ2) is 11.1. The van der Waals surface area contributed by atoms with E-state index in [2.05, 4.69) is 15.5 Å². The molecule has 0 aliphatic carbocycles. The molecule has 8 nitrogen and oxygen atoms in total. The van der Waals surface area contributed by atoms with Gasteiger partial charge in [-0.3, -0.25) is 0 Å². The summed E-state index contributed by atoms with van der Waals surface area (Å²) in [5.41, 5.74) is 2.87. The normalized spacial score (nSPS) is 14.4. The van der Waals surface area contributed by atoms with E-state index in [0.717, 1.165) is 35.4 Å². The Morgan fingerprint density at radius 3 is 2.62 bits per heavy atom. The Labute approximate surface area is 230 Å². The minimum absolute atomic E-state index is 0.178. The minimum atomic E-state index is -4.49. The van der Waals surface area contributed by atoms with Crippen molar-refractivity contribution in [1.29, 1.82) is 0 Å². The first-order valence-corrected chi connectivity index (χ1v) is 13.4. The molecule has 0 atom stereocenters. The Hall–Kier alpha value is -4.15. The van der Waals surface area contributed by atoms with Gasteiger partial charge in [0.15, 0.2) is 0 Å². The van der Waals surface area contributed by atoms with Crippen LogP contribution in [0.2, 0.25) is 0 Å². The number of amides is 2. The van der Waals surface area contributed by atoms with Crippen molar-refractivity contribution in [3.63, 3.8) is 0 Å². The molecule has 0 spiro atoms. The summed E-state index contributed by atoms with van der Waals surface area (Å²) in [5, 5.41) is 7.61. The number of nitrogens with one attached hydrogen (secondary N) is 1. The van der Waals surface area contributed by atoms with Gasteiger partial charge >= 0.3 is 12.2 Å². The lowest BCUT2D eigenvalue weighted by molar-refractivity contribution is -0.137. The first-order valence-electron chi connectivity index (χ1n) is 13.4. The maximum Gasteiger partial charge on any atom is 0.416 e. The van der Waals surface area contributed by atoms with Crippen molar-refractivity contribution in [2.24, 2.45) is 0 Å². The summed E-state index contributed by atoms with van der Waals surface area (Å²) in [6, 6.07) is 10.7. The highest BCUT2D eigenvalue weighted by Crippen LogP contribution is 2.37.